The third-order valence-electron chi connectivity index (χ3n) is 3.15. The Bertz CT molecular complexity index is 486. The Kier molecular flexibility index (Phi) is 3.33. The molecule has 0 saturated heterocycles. The number of ether oxygens (including phenoxy) is 1. The lowest BCUT2D eigenvalue weighted by Crippen LogP contribution is -2.46. The third-order valence-corrected chi connectivity index (χ3v) is 3.15. The fourth-order valence-corrected chi connectivity index (χ4v) is 2.49. The maximum absolute atomic E-state index is 12.4. The van der Waals surface area contributed by atoms with Crippen LogP contribution in [-0.2, 0) is 11.2 Å². The molecule has 0 unspecified atom stereocenters. The number of para-hydroxylation sites is 1. The molecule has 0 aliphatic carbocycles. The first kappa shape index (κ1) is 13.9. The van der Waals surface area contributed by atoms with Crippen LogP contribution in [0.25, 0.3) is 0 Å². The second kappa shape index (κ2) is 4.55. The first-order valence-corrected chi connectivity index (χ1v) is 6.76. The summed E-state index contributed by atoms with van der Waals surface area (Å²) in [5, 5.41) is 0. The van der Waals surface area contributed by atoms with Gasteiger partial charge < -0.3 is 4.74 Å². The fourth-order valence-electron chi connectivity index (χ4n) is 2.49. The molecule has 1 aromatic carbocycles. The van der Waals surface area contributed by atoms with Gasteiger partial charge in [0.05, 0.1) is 5.69 Å². The number of rotatable bonds is 0. The van der Waals surface area contributed by atoms with E-state index < -0.39 is 5.60 Å². The lowest BCUT2D eigenvalue weighted by molar-refractivity contribution is 0.0561. The summed E-state index contributed by atoms with van der Waals surface area (Å²) in [5.74, 6) is 0. The number of hydrogen-bond donors (Lipinski definition) is 0. The number of carbonyl (C=O) groups excluding carboxylic acids is 1. The zero-order chi connectivity index (χ0) is 14.3. The van der Waals surface area contributed by atoms with Crippen molar-refractivity contribution in [1.82, 2.24) is 0 Å². The predicted molar refractivity (Wildman–Crippen MR) is 77.5 cm³/mol. The fraction of sp³-hybridized carbons (Fsp3) is 0.562. The van der Waals surface area contributed by atoms with Gasteiger partial charge in [-0.1, -0.05) is 32.0 Å². The summed E-state index contributed by atoms with van der Waals surface area (Å²) in [7, 11) is 0. The van der Waals surface area contributed by atoms with Crippen LogP contribution in [0.5, 0.6) is 0 Å². The van der Waals surface area contributed by atoms with Crippen LogP contribution in [0.2, 0.25) is 0 Å². The van der Waals surface area contributed by atoms with Crippen molar-refractivity contribution in [3.05, 3.63) is 29.8 Å². The van der Waals surface area contributed by atoms with Crippen LogP contribution in [0.1, 0.15) is 40.2 Å². The SMILES string of the molecule is CC1(C)Cc2ccccc2N(C(=O)OC(C)(C)C)C1. The lowest BCUT2D eigenvalue weighted by atomic mass is 9.81. The molecule has 0 saturated carbocycles. The van der Waals surface area contributed by atoms with Gasteiger partial charge in [-0.3, -0.25) is 4.90 Å². The number of fused-ring (bicyclic) bond motifs is 1. The molecule has 1 heterocycles. The second-order valence-electron chi connectivity index (χ2n) is 7.04. The van der Waals surface area contributed by atoms with Crippen LogP contribution in [0.3, 0.4) is 0 Å². The number of amides is 1. The highest BCUT2D eigenvalue weighted by Crippen LogP contribution is 2.36. The number of nitrogens with zero attached hydrogens (tertiary/aromatic N) is 1. The molecule has 0 fully saturated rings. The monoisotopic (exact) mass is 261 g/mol. The third kappa shape index (κ3) is 3.28. The van der Waals surface area contributed by atoms with Crippen molar-refractivity contribution >= 4 is 11.8 Å². The van der Waals surface area contributed by atoms with Crippen molar-refractivity contribution in [3.63, 3.8) is 0 Å². The number of carbonyl (C=O) groups is 1. The van der Waals surface area contributed by atoms with Gasteiger partial charge in [-0.05, 0) is 44.2 Å². The molecule has 19 heavy (non-hydrogen) atoms. The summed E-state index contributed by atoms with van der Waals surface area (Å²) in [5.41, 5.74) is 1.81. The molecule has 3 heteroatoms. The summed E-state index contributed by atoms with van der Waals surface area (Å²) in [6, 6.07) is 8.07. The van der Waals surface area contributed by atoms with E-state index in [1.807, 2.05) is 39.0 Å². The Balaban J connectivity index is 2.32. The van der Waals surface area contributed by atoms with Gasteiger partial charge in [-0.25, -0.2) is 4.79 Å². The molecule has 1 amide bonds. The zero-order valence-corrected chi connectivity index (χ0v) is 12.5. The summed E-state index contributed by atoms with van der Waals surface area (Å²) in [4.78, 5) is 14.1. The molecule has 1 aliphatic rings. The molecule has 0 bridgehead atoms. The van der Waals surface area contributed by atoms with Crippen LogP contribution in [0.4, 0.5) is 10.5 Å². The molecule has 2 rings (SSSR count). The Morgan fingerprint density at radius 3 is 2.53 bits per heavy atom. The van der Waals surface area contributed by atoms with E-state index in [0.717, 1.165) is 12.1 Å². The second-order valence-corrected chi connectivity index (χ2v) is 7.04. The Labute approximate surface area is 115 Å². The quantitative estimate of drug-likeness (QED) is 0.706. The average Bonchev–Trinajstić information content (AvgIpc) is 2.24. The van der Waals surface area contributed by atoms with E-state index in [4.69, 9.17) is 4.74 Å². The number of benzene rings is 1. The van der Waals surface area contributed by atoms with Crippen LogP contribution in [-0.4, -0.2) is 18.2 Å². The summed E-state index contributed by atoms with van der Waals surface area (Å²) < 4.78 is 5.51. The molecule has 1 aliphatic heterocycles. The van der Waals surface area contributed by atoms with Gasteiger partial charge in [-0.2, -0.15) is 0 Å². The minimum Gasteiger partial charge on any atom is -0.443 e. The van der Waals surface area contributed by atoms with Crippen molar-refractivity contribution in [2.24, 2.45) is 5.41 Å². The molecule has 0 spiro atoms. The number of hydrogen-bond acceptors (Lipinski definition) is 2. The van der Waals surface area contributed by atoms with E-state index in [9.17, 15) is 4.79 Å². The standard InChI is InChI=1S/C16H23NO2/c1-15(2,3)19-14(18)17-11-16(4,5)10-12-8-6-7-9-13(12)17/h6-9H,10-11H2,1-5H3. The van der Waals surface area contributed by atoms with E-state index >= 15 is 0 Å². The summed E-state index contributed by atoms with van der Waals surface area (Å²) in [6.07, 6.45) is 0.732. The molecular weight excluding hydrogens is 238 g/mol. The van der Waals surface area contributed by atoms with Gasteiger partial charge in [-0.15, -0.1) is 0 Å². The van der Waals surface area contributed by atoms with E-state index in [-0.39, 0.29) is 11.5 Å². The van der Waals surface area contributed by atoms with Crippen LogP contribution in [0.15, 0.2) is 24.3 Å². The molecule has 1 aromatic rings. The molecule has 3 nitrogen and oxygen atoms in total. The van der Waals surface area contributed by atoms with Gasteiger partial charge >= 0.3 is 6.09 Å². The van der Waals surface area contributed by atoms with Crippen LogP contribution in [0, 0.1) is 5.41 Å². The highest BCUT2D eigenvalue weighted by Gasteiger charge is 2.35. The van der Waals surface area contributed by atoms with Crippen molar-refractivity contribution in [2.75, 3.05) is 11.4 Å². The molecule has 0 radical (unpaired) electrons. The maximum Gasteiger partial charge on any atom is 0.414 e. The summed E-state index contributed by atoms with van der Waals surface area (Å²) >= 11 is 0. The van der Waals surface area contributed by atoms with E-state index in [1.165, 1.54) is 5.56 Å². The first-order valence-electron chi connectivity index (χ1n) is 6.76. The normalized spacial score (nSPS) is 17.8. The molecule has 104 valence electrons. The largest absolute Gasteiger partial charge is 0.443 e. The van der Waals surface area contributed by atoms with E-state index in [2.05, 4.69) is 19.9 Å². The van der Waals surface area contributed by atoms with Gasteiger partial charge in [0.1, 0.15) is 5.60 Å². The smallest absolute Gasteiger partial charge is 0.414 e. The summed E-state index contributed by atoms with van der Waals surface area (Å²) in [6.45, 7) is 10.7. The van der Waals surface area contributed by atoms with Gasteiger partial charge in [0.25, 0.3) is 0 Å². The highest BCUT2D eigenvalue weighted by molar-refractivity contribution is 5.89. The molecule has 0 aromatic heterocycles. The van der Waals surface area contributed by atoms with Crippen molar-refractivity contribution in [2.45, 2.75) is 46.6 Å². The van der Waals surface area contributed by atoms with Gasteiger partial charge in [0.15, 0.2) is 0 Å². The Hall–Kier alpha value is -1.51. The Morgan fingerprint density at radius 1 is 1.26 bits per heavy atom. The average molecular weight is 261 g/mol. The lowest BCUT2D eigenvalue weighted by Gasteiger charge is -2.39. The van der Waals surface area contributed by atoms with E-state index in [0.29, 0.717) is 6.54 Å². The minimum atomic E-state index is -0.465. The van der Waals surface area contributed by atoms with Crippen LogP contribution >= 0.6 is 0 Å². The minimum absolute atomic E-state index is 0.0747. The van der Waals surface area contributed by atoms with Gasteiger partial charge in [0, 0.05) is 6.54 Å². The molecule has 0 N–H and O–H groups in total. The van der Waals surface area contributed by atoms with Crippen molar-refractivity contribution in [3.8, 4) is 0 Å². The highest BCUT2D eigenvalue weighted by atomic mass is 16.6. The first-order chi connectivity index (χ1) is 8.68. The molecule has 0 atom stereocenters. The van der Waals surface area contributed by atoms with Gasteiger partial charge in [0.2, 0.25) is 0 Å². The molecular formula is C16H23NO2. The predicted octanol–water partition coefficient (Wildman–Crippen LogP) is 4.01. The Morgan fingerprint density at radius 2 is 1.89 bits per heavy atom. The van der Waals surface area contributed by atoms with E-state index in [1.54, 1.807) is 4.90 Å². The zero-order valence-electron chi connectivity index (χ0n) is 12.5. The maximum atomic E-state index is 12.4. The number of anilines is 1. The topological polar surface area (TPSA) is 29.5 Å². The van der Waals surface area contributed by atoms with Crippen LogP contribution < -0.4 is 4.90 Å². The van der Waals surface area contributed by atoms with Crippen molar-refractivity contribution in [1.29, 1.82) is 0 Å². The van der Waals surface area contributed by atoms with Crippen molar-refractivity contribution < 1.29 is 9.53 Å².